The molecule has 1 atom stereocenters. The molecule has 0 radical (unpaired) electrons. The molecule has 0 bridgehead atoms. The van der Waals surface area contributed by atoms with Gasteiger partial charge in [0.15, 0.2) is 11.7 Å². The van der Waals surface area contributed by atoms with Crippen molar-refractivity contribution in [3.05, 3.63) is 24.3 Å². The van der Waals surface area contributed by atoms with Crippen molar-refractivity contribution in [3.8, 4) is 5.75 Å². The van der Waals surface area contributed by atoms with E-state index in [1.807, 2.05) is 6.92 Å². The Morgan fingerprint density at radius 3 is 2.58 bits per heavy atom. The first-order valence-electron chi connectivity index (χ1n) is 7.85. The molecule has 24 heavy (non-hydrogen) atoms. The average Bonchev–Trinajstić information content (AvgIpc) is 2.55. The van der Waals surface area contributed by atoms with Crippen molar-refractivity contribution in [1.82, 2.24) is 5.32 Å². The van der Waals surface area contributed by atoms with Gasteiger partial charge in [0.1, 0.15) is 5.75 Å². The van der Waals surface area contributed by atoms with Gasteiger partial charge in [-0.05, 0) is 18.6 Å². The fourth-order valence-corrected chi connectivity index (χ4v) is 2.59. The van der Waals surface area contributed by atoms with E-state index in [9.17, 15) is 19.2 Å². The molecule has 0 aromatic heterocycles. The van der Waals surface area contributed by atoms with Crippen LogP contribution in [0.2, 0.25) is 0 Å². The fourth-order valence-electron chi connectivity index (χ4n) is 2.59. The third kappa shape index (κ3) is 3.45. The highest BCUT2D eigenvalue weighted by atomic mass is 16.5. The number of amides is 4. The Morgan fingerprint density at radius 2 is 1.92 bits per heavy atom. The van der Waals surface area contributed by atoms with E-state index in [4.69, 9.17) is 4.74 Å². The maximum Gasteiger partial charge on any atom is 0.335 e. The Labute approximate surface area is 140 Å². The topological polar surface area (TPSA) is 92.8 Å². The molecule has 1 unspecified atom stereocenters. The van der Waals surface area contributed by atoms with Crippen molar-refractivity contribution in [1.29, 1.82) is 0 Å². The largest absolute Gasteiger partial charge is 0.495 e. The van der Waals surface area contributed by atoms with Crippen LogP contribution in [0.3, 0.4) is 0 Å². The second kappa shape index (κ2) is 7.72. The van der Waals surface area contributed by atoms with Crippen LogP contribution in [0.1, 0.15) is 32.6 Å². The molecule has 1 aromatic carbocycles. The highest BCUT2D eigenvalue weighted by Crippen LogP contribution is 2.30. The third-order valence-corrected chi connectivity index (χ3v) is 3.84. The zero-order valence-corrected chi connectivity index (χ0v) is 13.7. The number of unbranched alkanes of at least 4 members (excludes halogenated alkanes) is 2. The van der Waals surface area contributed by atoms with E-state index < -0.39 is 29.5 Å². The number of nitrogens with one attached hydrogen (secondary N) is 1. The van der Waals surface area contributed by atoms with Gasteiger partial charge < -0.3 is 4.74 Å². The molecule has 1 aliphatic heterocycles. The lowest BCUT2D eigenvalue weighted by Gasteiger charge is -2.30. The predicted octanol–water partition coefficient (Wildman–Crippen LogP) is 2.04. The van der Waals surface area contributed by atoms with Gasteiger partial charge in [0.2, 0.25) is 5.91 Å². The molecule has 0 aliphatic carbocycles. The number of ketones is 1. The average molecular weight is 332 g/mol. The van der Waals surface area contributed by atoms with Gasteiger partial charge in [0.25, 0.3) is 5.91 Å². The van der Waals surface area contributed by atoms with Crippen LogP contribution >= 0.6 is 0 Å². The monoisotopic (exact) mass is 332 g/mol. The number of ether oxygens (including phenoxy) is 1. The molecule has 1 aliphatic rings. The first-order valence-corrected chi connectivity index (χ1v) is 7.85. The number of hydrogen-bond acceptors (Lipinski definition) is 5. The minimum Gasteiger partial charge on any atom is -0.495 e. The maximum atomic E-state index is 12.7. The second-order valence-electron chi connectivity index (χ2n) is 5.50. The summed E-state index contributed by atoms with van der Waals surface area (Å²) in [6.07, 6.45) is 2.49. The summed E-state index contributed by atoms with van der Waals surface area (Å²) in [7, 11) is 1.41. The highest BCUT2D eigenvalue weighted by molar-refractivity contribution is 6.34. The Balaban J connectivity index is 2.30. The predicted molar refractivity (Wildman–Crippen MR) is 86.7 cm³/mol. The number of imide groups is 2. The lowest BCUT2D eigenvalue weighted by molar-refractivity contribution is -0.141. The van der Waals surface area contributed by atoms with Gasteiger partial charge in [0.05, 0.1) is 12.8 Å². The van der Waals surface area contributed by atoms with Gasteiger partial charge in [-0.15, -0.1) is 0 Å². The quantitative estimate of drug-likeness (QED) is 0.609. The minimum atomic E-state index is -1.50. The number of carbonyl (C=O) groups is 4. The lowest BCUT2D eigenvalue weighted by Crippen LogP contribution is -2.60. The number of Topliss-reactive ketones (excluding diaryl/α,β-unsaturated/α-hetero) is 1. The number of urea groups is 1. The Kier molecular flexibility index (Phi) is 5.68. The number of methoxy groups -OCH3 is 1. The summed E-state index contributed by atoms with van der Waals surface area (Å²) < 4.78 is 5.15. The Morgan fingerprint density at radius 1 is 1.21 bits per heavy atom. The van der Waals surface area contributed by atoms with E-state index in [1.165, 1.54) is 13.2 Å². The maximum absolute atomic E-state index is 12.7. The van der Waals surface area contributed by atoms with Crippen LogP contribution in [0.4, 0.5) is 10.5 Å². The van der Waals surface area contributed by atoms with Crippen LogP contribution in [0.5, 0.6) is 5.75 Å². The standard InChI is InChI=1S/C17H20N2O5/c1-3-4-5-9-12(20)14-15(21)18-17(23)19(16(14)22)11-8-6-7-10-13(11)24-2/h6-8,10,14H,3-5,9H2,1-2H3,(H,18,21,23). The molecule has 0 spiro atoms. The molecule has 7 heteroatoms. The minimum absolute atomic E-state index is 0.131. The van der Waals surface area contributed by atoms with Gasteiger partial charge in [-0.2, -0.15) is 0 Å². The van der Waals surface area contributed by atoms with E-state index in [0.29, 0.717) is 12.2 Å². The van der Waals surface area contributed by atoms with Gasteiger partial charge in [-0.25, -0.2) is 9.69 Å². The molecule has 1 N–H and O–H groups in total. The summed E-state index contributed by atoms with van der Waals surface area (Å²) in [5.74, 6) is -3.37. The lowest BCUT2D eigenvalue weighted by atomic mass is 9.95. The van der Waals surface area contributed by atoms with Crippen molar-refractivity contribution < 1.29 is 23.9 Å². The van der Waals surface area contributed by atoms with Crippen LogP contribution in [-0.2, 0) is 14.4 Å². The summed E-state index contributed by atoms with van der Waals surface area (Å²) in [4.78, 5) is 49.8. The van der Waals surface area contributed by atoms with Gasteiger partial charge in [-0.3, -0.25) is 19.7 Å². The van der Waals surface area contributed by atoms with E-state index >= 15 is 0 Å². The van der Waals surface area contributed by atoms with Crippen molar-refractivity contribution in [3.63, 3.8) is 0 Å². The van der Waals surface area contributed by atoms with Crippen LogP contribution in [-0.4, -0.2) is 30.7 Å². The van der Waals surface area contributed by atoms with E-state index in [2.05, 4.69) is 5.32 Å². The molecule has 1 fully saturated rings. The number of para-hydroxylation sites is 2. The molecule has 7 nitrogen and oxygen atoms in total. The molecule has 2 rings (SSSR count). The third-order valence-electron chi connectivity index (χ3n) is 3.84. The van der Waals surface area contributed by atoms with Crippen LogP contribution < -0.4 is 15.0 Å². The number of benzene rings is 1. The Hall–Kier alpha value is -2.70. The molecule has 1 saturated heterocycles. The smallest absolute Gasteiger partial charge is 0.335 e. The first kappa shape index (κ1) is 17.7. The van der Waals surface area contributed by atoms with Crippen LogP contribution in [0.15, 0.2) is 24.3 Å². The summed E-state index contributed by atoms with van der Waals surface area (Å²) in [5, 5.41) is 2.08. The summed E-state index contributed by atoms with van der Waals surface area (Å²) in [5.41, 5.74) is 0.196. The zero-order chi connectivity index (χ0) is 17.7. The summed E-state index contributed by atoms with van der Waals surface area (Å²) in [6, 6.07) is 5.54. The van der Waals surface area contributed by atoms with E-state index in [0.717, 1.165) is 17.7 Å². The SMILES string of the molecule is CCCCCC(=O)C1C(=O)NC(=O)N(c2ccccc2OC)C1=O. The van der Waals surface area contributed by atoms with E-state index in [1.54, 1.807) is 18.2 Å². The van der Waals surface area contributed by atoms with Crippen LogP contribution in [0, 0.1) is 5.92 Å². The fraction of sp³-hybridized carbons (Fsp3) is 0.412. The van der Waals surface area contributed by atoms with Crippen molar-refractivity contribution in [2.45, 2.75) is 32.6 Å². The zero-order valence-electron chi connectivity index (χ0n) is 13.7. The number of nitrogens with zero attached hydrogens (tertiary/aromatic N) is 1. The van der Waals surface area contributed by atoms with Crippen LogP contribution in [0.25, 0.3) is 0 Å². The normalized spacial score (nSPS) is 17.7. The van der Waals surface area contributed by atoms with Crippen molar-refractivity contribution in [2.75, 3.05) is 12.0 Å². The summed E-state index contributed by atoms with van der Waals surface area (Å²) in [6.45, 7) is 1.99. The second-order valence-corrected chi connectivity index (χ2v) is 5.50. The van der Waals surface area contributed by atoms with Gasteiger partial charge >= 0.3 is 6.03 Å². The highest BCUT2D eigenvalue weighted by Gasteiger charge is 2.45. The number of anilines is 1. The number of carbonyl (C=O) groups excluding carboxylic acids is 4. The van der Waals surface area contributed by atoms with E-state index in [-0.39, 0.29) is 12.1 Å². The molecule has 128 valence electrons. The molecular weight excluding hydrogens is 312 g/mol. The van der Waals surface area contributed by atoms with Gasteiger partial charge in [0, 0.05) is 6.42 Å². The molecule has 1 aromatic rings. The number of hydrogen-bond donors (Lipinski definition) is 1. The Bertz CT molecular complexity index is 671. The molecule has 0 saturated carbocycles. The first-order chi connectivity index (χ1) is 11.5. The molecule has 1 heterocycles. The number of rotatable bonds is 7. The van der Waals surface area contributed by atoms with Crippen molar-refractivity contribution in [2.24, 2.45) is 5.92 Å². The van der Waals surface area contributed by atoms with Gasteiger partial charge in [-0.1, -0.05) is 31.9 Å². The number of barbiturate groups is 1. The molecule has 4 amide bonds. The molecular formula is C17H20N2O5. The summed E-state index contributed by atoms with van der Waals surface area (Å²) >= 11 is 0. The van der Waals surface area contributed by atoms with Crippen molar-refractivity contribution >= 4 is 29.3 Å².